The summed E-state index contributed by atoms with van der Waals surface area (Å²) in [7, 11) is 0. The highest BCUT2D eigenvalue weighted by atomic mass is 16.7. The lowest BCUT2D eigenvalue weighted by atomic mass is 9.65. The van der Waals surface area contributed by atoms with Gasteiger partial charge in [0.15, 0.2) is 0 Å². The van der Waals surface area contributed by atoms with Crippen molar-refractivity contribution < 1.29 is 9.63 Å². The monoisotopic (exact) mass is 373 g/mol. The predicted octanol–water partition coefficient (Wildman–Crippen LogP) is 5.29. The molecule has 2 aromatic carbocycles. The molecule has 3 heteroatoms. The largest absolute Gasteiger partial charge is 0.273 e. The molecule has 1 unspecified atom stereocenters. The minimum atomic E-state index is -0.643. The second-order valence-electron chi connectivity index (χ2n) is 9.02. The summed E-state index contributed by atoms with van der Waals surface area (Å²) in [5.41, 5.74) is 4.80. The zero-order chi connectivity index (χ0) is 19.7. The molecule has 0 spiro atoms. The molecular formula is C25H27NO2. The topological polar surface area (TPSA) is 29.5 Å². The minimum absolute atomic E-state index is 0.0812. The van der Waals surface area contributed by atoms with Crippen molar-refractivity contribution in [2.45, 2.75) is 51.7 Å². The number of hydrogen-bond acceptors (Lipinski definition) is 2. The number of carbonyl (C=O) groups excluding carboxylic acids is 1. The van der Waals surface area contributed by atoms with Crippen LogP contribution in [0, 0.1) is 11.8 Å². The lowest BCUT2D eigenvalue weighted by molar-refractivity contribution is -0.283. The molecule has 3 nitrogen and oxygen atoms in total. The van der Waals surface area contributed by atoms with Crippen LogP contribution in [-0.4, -0.2) is 11.0 Å². The van der Waals surface area contributed by atoms with Crippen LogP contribution in [0.5, 0.6) is 0 Å². The van der Waals surface area contributed by atoms with E-state index in [-0.39, 0.29) is 5.91 Å². The molecule has 4 aliphatic rings. The maximum Gasteiger partial charge on any atom is 0.247 e. The average molecular weight is 373 g/mol. The van der Waals surface area contributed by atoms with Gasteiger partial charge in [-0.25, -0.2) is 5.06 Å². The maximum absolute atomic E-state index is 13.5. The third-order valence-electron chi connectivity index (χ3n) is 7.15. The summed E-state index contributed by atoms with van der Waals surface area (Å²) in [5, 5.41) is 1.69. The van der Waals surface area contributed by atoms with Gasteiger partial charge in [0.05, 0.1) is 0 Å². The number of nitrogens with zero attached hydrogens (tertiary/aromatic N) is 1. The molecule has 0 saturated heterocycles. The third kappa shape index (κ3) is 2.17. The van der Waals surface area contributed by atoms with E-state index in [0.29, 0.717) is 18.3 Å². The number of benzene rings is 2. The number of rotatable bonds is 2. The van der Waals surface area contributed by atoms with E-state index in [9.17, 15) is 4.79 Å². The fourth-order valence-electron chi connectivity index (χ4n) is 5.65. The highest BCUT2D eigenvalue weighted by Gasteiger charge is 2.58. The van der Waals surface area contributed by atoms with Gasteiger partial charge < -0.3 is 0 Å². The fraction of sp³-hybridized carbons (Fsp3) is 0.400. The van der Waals surface area contributed by atoms with Gasteiger partial charge in [-0.05, 0) is 61.3 Å². The molecule has 1 amide bonds. The van der Waals surface area contributed by atoms with Crippen LogP contribution in [0.2, 0.25) is 0 Å². The molecule has 0 aromatic heterocycles. The Morgan fingerprint density at radius 1 is 1.04 bits per heavy atom. The van der Waals surface area contributed by atoms with E-state index >= 15 is 0 Å². The van der Waals surface area contributed by atoms with E-state index < -0.39 is 11.1 Å². The fourth-order valence-corrected chi connectivity index (χ4v) is 5.65. The Morgan fingerprint density at radius 2 is 1.57 bits per heavy atom. The summed E-state index contributed by atoms with van der Waals surface area (Å²) in [4.78, 5) is 20.1. The number of amides is 1. The molecule has 2 aliphatic carbocycles. The molecular weight excluding hydrogens is 346 g/mol. The molecule has 6 rings (SSSR count). The highest BCUT2D eigenvalue weighted by molar-refractivity contribution is 5.79. The molecule has 0 saturated carbocycles. The number of fused-ring (bicyclic) bond motifs is 1. The quantitative estimate of drug-likeness (QED) is 0.669. The van der Waals surface area contributed by atoms with Crippen molar-refractivity contribution in [1.82, 2.24) is 5.06 Å². The van der Waals surface area contributed by atoms with Crippen LogP contribution in [0.15, 0.2) is 60.2 Å². The van der Waals surface area contributed by atoms with Gasteiger partial charge in [-0.2, -0.15) is 0 Å². The van der Waals surface area contributed by atoms with E-state index in [1.54, 1.807) is 5.06 Å². The SMILES string of the molecule is CC1=C[C@@H](C)C(CC(=O)N2OC3(C)c4ccccc4C2(C)c2ccccc23)C1. The molecule has 28 heavy (non-hydrogen) atoms. The van der Waals surface area contributed by atoms with Gasteiger partial charge >= 0.3 is 0 Å². The third-order valence-corrected chi connectivity index (χ3v) is 7.15. The van der Waals surface area contributed by atoms with Crippen molar-refractivity contribution in [3.05, 3.63) is 82.4 Å². The lowest BCUT2D eigenvalue weighted by Crippen LogP contribution is -2.61. The first kappa shape index (κ1) is 17.7. The zero-order valence-electron chi connectivity index (χ0n) is 17.0. The van der Waals surface area contributed by atoms with Gasteiger partial charge in [0.25, 0.3) is 0 Å². The van der Waals surface area contributed by atoms with Crippen LogP contribution >= 0.6 is 0 Å². The van der Waals surface area contributed by atoms with Gasteiger partial charge in [-0.15, -0.1) is 0 Å². The number of hydrogen-bond donors (Lipinski definition) is 0. The van der Waals surface area contributed by atoms with E-state index in [4.69, 9.17) is 4.84 Å². The molecule has 144 valence electrons. The summed E-state index contributed by atoms with van der Waals surface area (Å²) in [6, 6.07) is 16.8. The molecule has 2 aliphatic heterocycles. The van der Waals surface area contributed by atoms with Gasteiger partial charge in [0, 0.05) is 6.42 Å². The second-order valence-corrected chi connectivity index (χ2v) is 9.02. The number of carbonyl (C=O) groups is 1. The minimum Gasteiger partial charge on any atom is -0.273 e. The molecule has 2 atom stereocenters. The van der Waals surface area contributed by atoms with E-state index in [1.165, 1.54) is 16.7 Å². The Bertz CT molecular complexity index is 958. The van der Waals surface area contributed by atoms with Crippen molar-refractivity contribution in [3.8, 4) is 0 Å². The smallest absolute Gasteiger partial charge is 0.247 e. The molecule has 0 fully saturated rings. The lowest BCUT2D eigenvalue weighted by Gasteiger charge is -2.57. The molecule has 2 bridgehead atoms. The number of allylic oxidation sites excluding steroid dienone is 2. The predicted molar refractivity (Wildman–Crippen MR) is 109 cm³/mol. The Morgan fingerprint density at radius 3 is 2.07 bits per heavy atom. The summed E-state index contributed by atoms with van der Waals surface area (Å²) in [6.45, 7) is 8.59. The van der Waals surface area contributed by atoms with Gasteiger partial charge in [-0.3, -0.25) is 9.63 Å². The maximum atomic E-state index is 13.5. The van der Waals surface area contributed by atoms with Crippen LogP contribution < -0.4 is 0 Å². The summed E-state index contributed by atoms with van der Waals surface area (Å²) in [5.74, 6) is 0.880. The highest BCUT2D eigenvalue weighted by Crippen LogP contribution is 2.57. The van der Waals surface area contributed by atoms with Gasteiger partial charge in [0.1, 0.15) is 11.1 Å². The average Bonchev–Trinajstić information content (AvgIpc) is 3.01. The normalized spacial score (nSPS) is 32.7. The Balaban J connectivity index is 1.60. The standard InChI is InChI=1S/C25H27NO2/c1-16-13-17(2)18(14-16)15-23(27)26-24(3)19-9-5-7-11-21(19)25(4,28-26)22-12-8-6-10-20(22)24/h5-13,17-18H,14-15H2,1-4H3/t17-,18?,24?,25?/m1/s1. The summed E-state index contributed by atoms with van der Waals surface area (Å²) >= 11 is 0. The van der Waals surface area contributed by atoms with Crippen molar-refractivity contribution in [2.75, 3.05) is 0 Å². The van der Waals surface area contributed by atoms with E-state index in [1.807, 2.05) is 0 Å². The van der Waals surface area contributed by atoms with Crippen molar-refractivity contribution >= 4 is 5.91 Å². The van der Waals surface area contributed by atoms with Crippen LogP contribution in [-0.2, 0) is 20.8 Å². The van der Waals surface area contributed by atoms with Gasteiger partial charge in [0.2, 0.25) is 5.91 Å². The van der Waals surface area contributed by atoms with E-state index in [0.717, 1.165) is 17.5 Å². The van der Waals surface area contributed by atoms with Crippen LogP contribution in [0.4, 0.5) is 0 Å². The van der Waals surface area contributed by atoms with Crippen molar-refractivity contribution in [3.63, 3.8) is 0 Å². The number of hydroxylamine groups is 2. The van der Waals surface area contributed by atoms with Crippen LogP contribution in [0.1, 0.15) is 62.8 Å². The molecule has 2 heterocycles. The molecule has 2 aromatic rings. The first-order chi connectivity index (χ1) is 13.4. The summed E-state index contributed by atoms with van der Waals surface area (Å²) in [6.07, 6.45) is 3.82. The molecule has 0 N–H and O–H groups in total. The van der Waals surface area contributed by atoms with E-state index in [2.05, 4.69) is 82.3 Å². The van der Waals surface area contributed by atoms with Gasteiger partial charge in [-0.1, -0.05) is 67.1 Å². The van der Waals surface area contributed by atoms with Crippen molar-refractivity contribution in [1.29, 1.82) is 0 Å². The first-order valence-corrected chi connectivity index (χ1v) is 10.2. The zero-order valence-corrected chi connectivity index (χ0v) is 17.0. The Kier molecular flexibility index (Phi) is 3.67. The second kappa shape index (κ2) is 5.81. The summed E-state index contributed by atoms with van der Waals surface area (Å²) < 4.78 is 0. The Labute approximate surface area is 167 Å². The first-order valence-electron chi connectivity index (χ1n) is 10.2. The van der Waals surface area contributed by atoms with Crippen LogP contribution in [0.3, 0.4) is 0 Å². The van der Waals surface area contributed by atoms with Crippen LogP contribution in [0.25, 0.3) is 0 Å². The Hall–Kier alpha value is -2.39. The van der Waals surface area contributed by atoms with Crippen molar-refractivity contribution in [2.24, 2.45) is 11.8 Å². The molecule has 0 radical (unpaired) electrons.